The number of aromatic nitrogens is 1. The van der Waals surface area contributed by atoms with Gasteiger partial charge in [0.15, 0.2) is 0 Å². The molecule has 1 aliphatic rings. The Bertz CT molecular complexity index is 1000. The zero-order chi connectivity index (χ0) is 20.9. The molecule has 0 unspecified atom stereocenters. The summed E-state index contributed by atoms with van der Waals surface area (Å²) in [7, 11) is 1.53. The highest BCUT2D eigenvalue weighted by molar-refractivity contribution is 6.30. The fourth-order valence-electron chi connectivity index (χ4n) is 3.73. The van der Waals surface area contributed by atoms with Crippen LogP contribution in [-0.4, -0.2) is 31.3 Å². The van der Waals surface area contributed by atoms with Gasteiger partial charge in [-0.15, -0.1) is 0 Å². The van der Waals surface area contributed by atoms with Gasteiger partial charge in [-0.25, -0.2) is 9.37 Å². The van der Waals surface area contributed by atoms with Crippen molar-refractivity contribution in [3.63, 3.8) is 0 Å². The number of hydrogen-bond acceptors (Lipinski definition) is 4. The maximum atomic E-state index is 15.4. The van der Waals surface area contributed by atoms with Gasteiger partial charge >= 0.3 is 0 Å². The van der Waals surface area contributed by atoms with Crippen molar-refractivity contribution in [2.24, 2.45) is 0 Å². The highest BCUT2D eigenvalue weighted by Gasteiger charge is 2.17. The summed E-state index contributed by atoms with van der Waals surface area (Å²) in [6.07, 6.45) is 4.47. The van der Waals surface area contributed by atoms with E-state index in [0.717, 1.165) is 18.5 Å². The lowest BCUT2D eigenvalue weighted by Gasteiger charge is -2.14. The highest BCUT2D eigenvalue weighted by Crippen LogP contribution is 2.36. The summed E-state index contributed by atoms with van der Waals surface area (Å²) in [6, 6.07) is 14.8. The fraction of sp³-hybridized carbons (Fsp3) is 0.292. The van der Waals surface area contributed by atoms with Gasteiger partial charge in [0.1, 0.15) is 18.2 Å². The van der Waals surface area contributed by atoms with Gasteiger partial charge in [-0.3, -0.25) is 0 Å². The van der Waals surface area contributed by atoms with E-state index in [2.05, 4.69) is 10.3 Å². The molecule has 2 heterocycles. The SMILES string of the molecule is COc1ccc(Cc2ccc(OC[C@H]3CCCN3)nc2)c(F)c1-c1cccc(Cl)c1. The van der Waals surface area contributed by atoms with Crippen LogP contribution in [0.1, 0.15) is 24.0 Å². The molecule has 0 amide bonds. The maximum absolute atomic E-state index is 15.4. The molecular formula is C24H24ClFN2O2. The molecule has 0 saturated carbocycles. The van der Waals surface area contributed by atoms with Gasteiger partial charge in [-0.1, -0.05) is 35.9 Å². The molecule has 1 aliphatic heterocycles. The van der Waals surface area contributed by atoms with Crippen LogP contribution in [0.25, 0.3) is 11.1 Å². The third-order valence-electron chi connectivity index (χ3n) is 5.30. The molecule has 156 valence electrons. The third kappa shape index (κ3) is 4.74. The molecule has 1 fully saturated rings. The second kappa shape index (κ2) is 9.45. The van der Waals surface area contributed by atoms with Gasteiger partial charge in [0.2, 0.25) is 5.88 Å². The van der Waals surface area contributed by atoms with Crippen molar-refractivity contribution < 1.29 is 13.9 Å². The summed E-state index contributed by atoms with van der Waals surface area (Å²) < 4.78 is 26.6. The van der Waals surface area contributed by atoms with Crippen LogP contribution < -0.4 is 14.8 Å². The quantitative estimate of drug-likeness (QED) is 0.558. The van der Waals surface area contributed by atoms with E-state index in [1.165, 1.54) is 13.5 Å². The van der Waals surface area contributed by atoms with Crippen molar-refractivity contribution in [3.8, 4) is 22.8 Å². The molecule has 0 aliphatic carbocycles. The second-order valence-corrected chi connectivity index (χ2v) is 7.85. The molecule has 1 atom stereocenters. The summed E-state index contributed by atoms with van der Waals surface area (Å²) in [6.45, 7) is 1.66. The Balaban J connectivity index is 1.52. The van der Waals surface area contributed by atoms with Gasteiger partial charge in [-0.2, -0.15) is 0 Å². The Morgan fingerprint density at radius 2 is 2.10 bits per heavy atom. The van der Waals surface area contributed by atoms with Crippen molar-refractivity contribution in [1.82, 2.24) is 10.3 Å². The van der Waals surface area contributed by atoms with E-state index >= 15 is 4.39 Å². The van der Waals surface area contributed by atoms with E-state index in [1.807, 2.05) is 18.2 Å². The summed E-state index contributed by atoms with van der Waals surface area (Å²) >= 11 is 6.11. The van der Waals surface area contributed by atoms with Crippen molar-refractivity contribution in [3.05, 3.63) is 76.7 Å². The predicted octanol–water partition coefficient (Wildman–Crippen LogP) is 5.27. The van der Waals surface area contributed by atoms with Gasteiger partial charge in [0.05, 0.1) is 12.7 Å². The largest absolute Gasteiger partial charge is 0.496 e. The van der Waals surface area contributed by atoms with Crippen LogP contribution in [0.3, 0.4) is 0 Å². The Labute approximate surface area is 181 Å². The first kappa shape index (κ1) is 20.6. The molecule has 4 rings (SSSR count). The Kier molecular flexibility index (Phi) is 6.50. The van der Waals surface area contributed by atoms with E-state index in [0.29, 0.717) is 52.4 Å². The zero-order valence-corrected chi connectivity index (χ0v) is 17.6. The number of nitrogens with one attached hydrogen (secondary N) is 1. The molecule has 0 spiro atoms. The van der Waals surface area contributed by atoms with Crippen LogP contribution >= 0.6 is 11.6 Å². The average molecular weight is 427 g/mol. The lowest BCUT2D eigenvalue weighted by atomic mass is 9.97. The zero-order valence-electron chi connectivity index (χ0n) is 16.8. The molecular weight excluding hydrogens is 403 g/mol. The summed E-state index contributed by atoms with van der Waals surface area (Å²) in [5.41, 5.74) is 2.56. The molecule has 30 heavy (non-hydrogen) atoms. The second-order valence-electron chi connectivity index (χ2n) is 7.41. The lowest BCUT2D eigenvalue weighted by Crippen LogP contribution is -2.28. The third-order valence-corrected chi connectivity index (χ3v) is 5.54. The lowest BCUT2D eigenvalue weighted by molar-refractivity contribution is 0.267. The van der Waals surface area contributed by atoms with E-state index in [9.17, 15) is 0 Å². The molecule has 3 aromatic rings. The smallest absolute Gasteiger partial charge is 0.213 e. The van der Waals surface area contributed by atoms with Crippen molar-refractivity contribution in [2.75, 3.05) is 20.3 Å². The fourth-order valence-corrected chi connectivity index (χ4v) is 3.92. The molecule has 1 N–H and O–H groups in total. The molecule has 6 heteroatoms. The number of hydrogen-bond donors (Lipinski definition) is 1. The molecule has 4 nitrogen and oxygen atoms in total. The van der Waals surface area contributed by atoms with Crippen LogP contribution in [0.2, 0.25) is 5.02 Å². The molecule has 2 aromatic carbocycles. The topological polar surface area (TPSA) is 43.4 Å². The number of benzene rings is 2. The minimum atomic E-state index is -0.316. The summed E-state index contributed by atoms with van der Waals surface area (Å²) in [5.74, 6) is 0.743. The van der Waals surface area contributed by atoms with E-state index in [-0.39, 0.29) is 5.82 Å². The van der Waals surface area contributed by atoms with Crippen LogP contribution in [0.15, 0.2) is 54.7 Å². The van der Waals surface area contributed by atoms with Crippen LogP contribution in [0.4, 0.5) is 4.39 Å². The minimum absolute atomic E-state index is 0.316. The van der Waals surface area contributed by atoms with Crippen molar-refractivity contribution in [2.45, 2.75) is 25.3 Å². The number of nitrogens with zero attached hydrogens (tertiary/aromatic N) is 1. The molecule has 1 aromatic heterocycles. The average Bonchev–Trinajstić information content (AvgIpc) is 3.28. The minimum Gasteiger partial charge on any atom is -0.496 e. The van der Waals surface area contributed by atoms with E-state index in [1.54, 1.807) is 36.5 Å². The first-order chi connectivity index (χ1) is 14.6. The molecule has 0 bridgehead atoms. The van der Waals surface area contributed by atoms with Crippen LogP contribution in [-0.2, 0) is 6.42 Å². The van der Waals surface area contributed by atoms with Crippen molar-refractivity contribution in [1.29, 1.82) is 0 Å². The van der Waals surface area contributed by atoms with Crippen LogP contribution in [0.5, 0.6) is 11.6 Å². The van der Waals surface area contributed by atoms with Crippen LogP contribution in [0, 0.1) is 5.82 Å². The first-order valence-corrected chi connectivity index (χ1v) is 10.4. The Morgan fingerprint density at radius 3 is 2.80 bits per heavy atom. The molecule has 1 saturated heterocycles. The monoisotopic (exact) mass is 426 g/mol. The Morgan fingerprint density at radius 1 is 1.20 bits per heavy atom. The number of halogens is 2. The molecule has 0 radical (unpaired) electrons. The predicted molar refractivity (Wildman–Crippen MR) is 117 cm³/mol. The van der Waals surface area contributed by atoms with Gasteiger partial charge in [0, 0.05) is 29.7 Å². The standard InChI is InChI=1S/C24H24ClFN2O2/c1-29-21-9-8-18(24(26)23(21)17-4-2-5-19(25)13-17)12-16-7-10-22(28-14-16)30-15-20-6-3-11-27-20/h2,4-5,7-10,13-14,20,27H,3,6,11-12,15H2,1H3/t20-/m1/s1. The highest BCUT2D eigenvalue weighted by atomic mass is 35.5. The number of methoxy groups -OCH3 is 1. The van der Waals surface area contributed by atoms with E-state index in [4.69, 9.17) is 21.1 Å². The number of ether oxygens (including phenoxy) is 2. The van der Waals surface area contributed by atoms with E-state index < -0.39 is 0 Å². The number of pyridine rings is 1. The summed E-state index contributed by atoms with van der Waals surface area (Å²) in [4.78, 5) is 4.38. The van der Waals surface area contributed by atoms with Gasteiger partial charge < -0.3 is 14.8 Å². The number of rotatable bonds is 7. The van der Waals surface area contributed by atoms with Gasteiger partial charge in [-0.05, 0) is 54.3 Å². The van der Waals surface area contributed by atoms with Gasteiger partial charge in [0.25, 0.3) is 0 Å². The summed E-state index contributed by atoms with van der Waals surface area (Å²) in [5, 5.41) is 3.94. The first-order valence-electron chi connectivity index (χ1n) is 10.1. The maximum Gasteiger partial charge on any atom is 0.213 e. The Hall–Kier alpha value is -2.63. The van der Waals surface area contributed by atoms with Crippen molar-refractivity contribution >= 4 is 11.6 Å². The normalized spacial score (nSPS) is 15.9.